The number of rotatable bonds is 3. The van der Waals surface area contributed by atoms with E-state index in [4.69, 9.17) is 0 Å². The van der Waals surface area contributed by atoms with Crippen LogP contribution in [-0.4, -0.2) is 34.8 Å². The molecule has 4 nitrogen and oxygen atoms in total. The van der Waals surface area contributed by atoms with Gasteiger partial charge in [0, 0.05) is 6.04 Å². The second kappa shape index (κ2) is 5.29. The van der Waals surface area contributed by atoms with Gasteiger partial charge < -0.3 is 10.2 Å². The molecule has 0 aromatic heterocycles. The molecule has 2 atom stereocenters. The lowest BCUT2D eigenvalue weighted by atomic mass is 9.83. The highest BCUT2D eigenvalue weighted by molar-refractivity contribution is 5.97. The standard InChI is InChI=1S/C14H26N2O2/c1-7-10(8-2)16-9(3)12(17)15-11(13(16)18)14(4,5)6/h9-11H,7-8H2,1-6H3,(H,15,17). The second-order valence-corrected chi connectivity index (χ2v) is 6.20. The summed E-state index contributed by atoms with van der Waals surface area (Å²) in [6.45, 7) is 11.9. The second-order valence-electron chi connectivity index (χ2n) is 6.20. The molecule has 0 bridgehead atoms. The zero-order chi connectivity index (χ0) is 14.1. The van der Waals surface area contributed by atoms with Gasteiger partial charge in [0.1, 0.15) is 12.1 Å². The summed E-state index contributed by atoms with van der Waals surface area (Å²) in [7, 11) is 0. The number of carbonyl (C=O) groups is 2. The van der Waals surface area contributed by atoms with Gasteiger partial charge in [-0.25, -0.2) is 0 Å². The van der Waals surface area contributed by atoms with Gasteiger partial charge in [-0.1, -0.05) is 34.6 Å². The van der Waals surface area contributed by atoms with Crippen LogP contribution in [0.2, 0.25) is 0 Å². The number of nitrogens with zero attached hydrogens (tertiary/aromatic N) is 1. The topological polar surface area (TPSA) is 49.4 Å². The van der Waals surface area contributed by atoms with Gasteiger partial charge >= 0.3 is 0 Å². The minimum Gasteiger partial charge on any atom is -0.342 e. The van der Waals surface area contributed by atoms with Crippen LogP contribution >= 0.6 is 0 Å². The van der Waals surface area contributed by atoms with E-state index < -0.39 is 6.04 Å². The molecule has 1 aliphatic rings. The molecule has 2 unspecified atom stereocenters. The molecule has 0 spiro atoms. The minimum atomic E-state index is -0.415. The summed E-state index contributed by atoms with van der Waals surface area (Å²) in [5.74, 6) is 0.0183. The van der Waals surface area contributed by atoms with Gasteiger partial charge in [-0.3, -0.25) is 9.59 Å². The fraction of sp³-hybridized carbons (Fsp3) is 0.857. The van der Waals surface area contributed by atoms with E-state index in [0.717, 1.165) is 12.8 Å². The Morgan fingerprint density at radius 1 is 1.22 bits per heavy atom. The van der Waals surface area contributed by atoms with Crippen molar-refractivity contribution in [2.24, 2.45) is 5.41 Å². The first kappa shape index (κ1) is 15.0. The van der Waals surface area contributed by atoms with Crippen molar-refractivity contribution in [2.75, 3.05) is 0 Å². The lowest BCUT2D eigenvalue weighted by Crippen LogP contribution is -2.67. The SMILES string of the molecule is CCC(CC)N1C(=O)C(C(C)(C)C)NC(=O)C1C. The van der Waals surface area contributed by atoms with Gasteiger partial charge in [-0.05, 0) is 25.2 Å². The van der Waals surface area contributed by atoms with Crippen LogP contribution in [0.3, 0.4) is 0 Å². The summed E-state index contributed by atoms with van der Waals surface area (Å²) < 4.78 is 0. The zero-order valence-electron chi connectivity index (χ0n) is 12.4. The molecule has 0 saturated carbocycles. The first-order valence-corrected chi connectivity index (χ1v) is 6.86. The van der Waals surface area contributed by atoms with Gasteiger partial charge in [-0.2, -0.15) is 0 Å². The van der Waals surface area contributed by atoms with Crippen molar-refractivity contribution in [1.82, 2.24) is 10.2 Å². The van der Waals surface area contributed by atoms with Gasteiger partial charge in [0.05, 0.1) is 0 Å². The Balaban J connectivity index is 3.07. The summed E-state index contributed by atoms with van der Waals surface area (Å²) in [4.78, 5) is 26.4. The third-order valence-electron chi connectivity index (χ3n) is 3.79. The maximum absolute atomic E-state index is 12.6. The Kier molecular flexibility index (Phi) is 4.41. The number of nitrogens with one attached hydrogen (secondary N) is 1. The molecule has 1 aliphatic heterocycles. The fourth-order valence-electron chi connectivity index (χ4n) is 2.56. The predicted octanol–water partition coefficient (Wildman–Crippen LogP) is 1.94. The van der Waals surface area contributed by atoms with Gasteiger partial charge in [0.2, 0.25) is 11.8 Å². The van der Waals surface area contributed by atoms with Crippen molar-refractivity contribution in [3.05, 3.63) is 0 Å². The van der Waals surface area contributed by atoms with Crippen LogP contribution in [0.25, 0.3) is 0 Å². The summed E-state index contributed by atoms with van der Waals surface area (Å²) in [6, 6.07) is -0.619. The van der Waals surface area contributed by atoms with Gasteiger partial charge in [0.15, 0.2) is 0 Å². The molecule has 18 heavy (non-hydrogen) atoms. The maximum atomic E-state index is 12.6. The van der Waals surface area contributed by atoms with E-state index >= 15 is 0 Å². The van der Waals surface area contributed by atoms with E-state index in [1.54, 1.807) is 4.90 Å². The Labute approximate surface area is 110 Å². The summed E-state index contributed by atoms with van der Waals surface area (Å²) >= 11 is 0. The fourth-order valence-corrected chi connectivity index (χ4v) is 2.56. The molecule has 104 valence electrons. The number of carbonyl (C=O) groups excluding carboxylic acids is 2. The van der Waals surface area contributed by atoms with Crippen molar-refractivity contribution < 1.29 is 9.59 Å². The Morgan fingerprint density at radius 3 is 2.11 bits per heavy atom. The van der Waals surface area contributed by atoms with Crippen molar-refractivity contribution in [3.8, 4) is 0 Å². The molecule has 1 fully saturated rings. The normalized spacial score (nSPS) is 25.6. The highest BCUT2D eigenvalue weighted by Crippen LogP contribution is 2.27. The van der Waals surface area contributed by atoms with E-state index in [0.29, 0.717) is 0 Å². The molecule has 0 radical (unpaired) electrons. The first-order chi connectivity index (χ1) is 8.23. The third-order valence-corrected chi connectivity index (χ3v) is 3.79. The van der Waals surface area contributed by atoms with Gasteiger partial charge in [0.25, 0.3) is 0 Å². The molecule has 1 heterocycles. The molecule has 2 amide bonds. The lowest BCUT2D eigenvalue weighted by Gasteiger charge is -2.45. The molecule has 1 saturated heterocycles. The van der Waals surface area contributed by atoms with Gasteiger partial charge in [-0.15, -0.1) is 0 Å². The van der Waals surface area contributed by atoms with Crippen LogP contribution in [0, 0.1) is 5.41 Å². The largest absolute Gasteiger partial charge is 0.342 e. The van der Waals surface area contributed by atoms with Crippen molar-refractivity contribution in [2.45, 2.75) is 72.5 Å². The maximum Gasteiger partial charge on any atom is 0.246 e. The summed E-state index contributed by atoms with van der Waals surface area (Å²) in [5, 5.41) is 2.86. The van der Waals surface area contributed by atoms with Crippen LogP contribution in [0.1, 0.15) is 54.4 Å². The third kappa shape index (κ3) is 2.68. The highest BCUT2D eigenvalue weighted by atomic mass is 16.2. The van der Waals surface area contributed by atoms with Crippen LogP contribution in [0.4, 0.5) is 0 Å². The summed E-state index contributed by atoms with van der Waals surface area (Å²) in [6.07, 6.45) is 1.77. The van der Waals surface area contributed by atoms with Crippen molar-refractivity contribution in [3.63, 3.8) is 0 Å². The molecule has 1 N–H and O–H groups in total. The van der Waals surface area contributed by atoms with Crippen LogP contribution in [-0.2, 0) is 9.59 Å². The molecule has 0 aromatic carbocycles. The Morgan fingerprint density at radius 2 is 1.72 bits per heavy atom. The molecule has 0 aromatic rings. The number of hydrogen-bond acceptors (Lipinski definition) is 2. The van der Waals surface area contributed by atoms with E-state index in [1.807, 2.05) is 27.7 Å². The highest BCUT2D eigenvalue weighted by Gasteiger charge is 2.45. The Bertz CT molecular complexity index is 329. The van der Waals surface area contributed by atoms with Crippen molar-refractivity contribution >= 4 is 11.8 Å². The zero-order valence-corrected chi connectivity index (χ0v) is 12.4. The van der Waals surface area contributed by atoms with Crippen LogP contribution in [0.5, 0.6) is 0 Å². The van der Waals surface area contributed by atoms with Crippen LogP contribution < -0.4 is 5.32 Å². The lowest BCUT2D eigenvalue weighted by molar-refractivity contribution is -0.154. The average molecular weight is 254 g/mol. The van der Waals surface area contributed by atoms with E-state index in [9.17, 15) is 9.59 Å². The molecule has 0 aliphatic carbocycles. The predicted molar refractivity (Wildman–Crippen MR) is 72.1 cm³/mol. The Hall–Kier alpha value is -1.06. The molecule has 1 rings (SSSR count). The van der Waals surface area contributed by atoms with E-state index in [-0.39, 0.29) is 29.3 Å². The van der Waals surface area contributed by atoms with Crippen LogP contribution in [0.15, 0.2) is 0 Å². The smallest absolute Gasteiger partial charge is 0.246 e. The molecular formula is C14H26N2O2. The minimum absolute atomic E-state index is 0.0403. The van der Waals surface area contributed by atoms with Crippen molar-refractivity contribution in [1.29, 1.82) is 0 Å². The average Bonchev–Trinajstić information content (AvgIpc) is 2.27. The quantitative estimate of drug-likeness (QED) is 0.836. The van der Waals surface area contributed by atoms with E-state index in [2.05, 4.69) is 19.2 Å². The summed E-state index contributed by atoms with van der Waals surface area (Å²) in [5.41, 5.74) is -0.253. The number of amides is 2. The number of hydrogen-bond donors (Lipinski definition) is 1. The number of piperazine rings is 1. The van der Waals surface area contributed by atoms with E-state index in [1.165, 1.54) is 0 Å². The first-order valence-electron chi connectivity index (χ1n) is 6.86. The molecular weight excluding hydrogens is 228 g/mol. The molecule has 4 heteroatoms. The monoisotopic (exact) mass is 254 g/mol.